The Morgan fingerprint density at radius 1 is 1.39 bits per heavy atom. The Hall–Kier alpha value is -1.89. The Labute approximate surface area is 139 Å². The molecule has 2 saturated heterocycles. The molecule has 2 heterocycles. The number of nitrogens with one attached hydrogen (secondary N) is 3. The van der Waals surface area contributed by atoms with Gasteiger partial charge in [-0.2, -0.15) is 0 Å². The van der Waals surface area contributed by atoms with Crippen LogP contribution in [0.15, 0.2) is 24.3 Å². The first-order valence-electron chi connectivity index (χ1n) is 7.71. The first-order valence-corrected chi connectivity index (χ1v) is 8.65. The molecule has 1 aromatic rings. The van der Waals surface area contributed by atoms with Crippen LogP contribution in [0.3, 0.4) is 0 Å². The van der Waals surface area contributed by atoms with Gasteiger partial charge >= 0.3 is 6.03 Å². The van der Waals surface area contributed by atoms with Gasteiger partial charge in [-0.15, -0.1) is 11.8 Å². The number of ether oxygens (including phenoxy) is 1. The molecule has 1 aromatic carbocycles. The van der Waals surface area contributed by atoms with E-state index >= 15 is 0 Å². The number of carbonyl (C=O) groups excluding carboxylic acids is 2. The van der Waals surface area contributed by atoms with Gasteiger partial charge in [-0.25, -0.2) is 4.79 Å². The second-order valence-corrected chi connectivity index (χ2v) is 7.25. The predicted molar refractivity (Wildman–Crippen MR) is 89.4 cm³/mol. The number of hydrogen-bond acceptors (Lipinski definition) is 4. The number of fused-ring (bicyclic) bond motifs is 1. The van der Waals surface area contributed by atoms with Gasteiger partial charge in [0.15, 0.2) is 0 Å². The van der Waals surface area contributed by atoms with E-state index in [1.165, 1.54) is 0 Å². The van der Waals surface area contributed by atoms with Crippen LogP contribution >= 0.6 is 11.8 Å². The molecular formula is C16H21N3O3S. The molecule has 3 amide bonds. The molecular weight excluding hydrogens is 314 g/mol. The minimum atomic E-state index is -0.147. The van der Waals surface area contributed by atoms with E-state index in [2.05, 4.69) is 16.0 Å². The molecule has 7 heteroatoms. The van der Waals surface area contributed by atoms with E-state index in [4.69, 9.17) is 4.74 Å². The number of carbonyl (C=O) groups is 2. The molecule has 4 atom stereocenters. The van der Waals surface area contributed by atoms with Crippen molar-refractivity contribution in [1.29, 1.82) is 0 Å². The molecule has 3 N–H and O–H groups in total. The number of amides is 3. The summed E-state index contributed by atoms with van der Waals surface area (Å²) in [6, 6.07) is 7.47. The molecule has 2 aliphatic rings. The van der Waals surface area contributed by atoms with Crippen molar-refractivity contribution in [3.05, 3.63) is 29.8 Å². The van der Waals surface area contributed by atoms with Crippen LogP contribution in [0, 0.1) is 5.92 Å². The first-order chi connectivity index (χ1) is 11.1. The second-order valence-electron chi connectivity index (χ2n) is 5.90. The second kappa shape index (κ2) is 6.70. The minimum absolute atomic E-state index is 0.0296. The predicted octanol–water partition coefficient (Wildman–Crippen LogP) is 1.63. The Bertz CT molecular complexity index is 593. The Kier molecular flexibility index (Phi) is 4.66. The maximum Gasteiger partial charge on any atom is 0.315 e. The zero-order chi connectivity index (χ0) is 16.4. The lowest BCUT2D eigenvalue weighted by Crippen LogP contribution is -2.51. The van der Waals surface area contributed by atoms with Crippen molar-refractivity contribution < 1.29 is 14.3 Å². The first kappa shape index (κ1) is 16.0. The summed E-state index contributed by atoms with van der Waals surface area (Å²) in [5, 5.41) is 8.64. The maximum atomic E-state index is 12.5. The molecule has 6 nitrogen and oxygen atoms in total. The summed E-state index contributed by atoms with van der Waals surface area (Å²) >= 11 is 1.55. The minimum Gasteiger partial charge on any atom is -0.497 e. The van der Waals surface area contributed by atoms with Crippen LogP contribution in [0.2, 0.25) is 0 Å². The standard InChI is InChI=1S/C16H21N3O3S/c1-9(10-3-5-12(22-2)6-4-10)18-14(20)13-7-11-8-17-16(21)19-15(11)23-13/h3-6,9,11,13,15H,7-8H2,1-2H3,(H,18,20)(H2,17,19,21)/t9-,11?,13?,15?/m1/s1. The van der Waals surface area contributed by atoms with Gasteiger partial charge in [-0.3, -0.25) is 4.79 Å². The highest BCUT2D eigenvalue weighted by molar-refractivity contribution is 8.01. The normalized spacial score (nSPS) is 27.4. The van der Waals surface area contributed by atoms with E-state index in [-0.39, 0.29) is 28.6 Å². The van der Waals surface area contributed by atoms with Gasteiger partial charge in [0.25, 0.3) is 0 Å². The molecule has 0 radical (unpaired) electrons. The number of hydrogen-bond donors (Lipinski definition) is 3. The molecule has 0 spiro atoms. The van der Waals surface area contributed by atoms with Gasteiger partial charge in [-0.05, 0) is 31.0 Å². The van der Waals surface area contributed by atoms with Gasteiger partial charge in [0, 0.05) is 12.5 Å². The van der Waals surface area contributed by atoms with Crippen molar-refractivity contribution in [3.63, 3.8) is 0 Å². The Morgan fingerprint density at radius 3 is 2.83 bits per heavy atom. The van der Waals surface area contributed by atoms with Gasteiger partial charge in [-0.1, -0.05) is 12.1 Å². The van der Waals surface area contributed by atoms with Crippen LogP contribution in [0.25, 0.3) is 0 Å². The Balaban J connectivity index is 1.57. The van der Waals surface area contributed by atoms with Crippen molar-refractivity contribution in [2.24, 2.45) is 5.92 Å². The molecule has 0 aromatic heterocycles. The average molecular weight is 335 g/mol. The number of rotatable bonds is 4. The largest absolute Gasteiger partial charge is 0.497 e. The monoisotopic (exact) mass is 335 g/mol. The van der Waals surface area contributed by atoms with Crippen LogP contribution in [0.5, 0.6) is 5.75 Å². The summed E-state index contributed by atoms with van der Waals surface area (Å²) in [5.41, 5.74) is 1.04. The third-order valence-corrected chi connectivity index (χ3v) is 5.85. The molecule has 3 rings (SSSR count). The molecule has 0 aliphatic carbocycles. The van der Waals surface area contributed by atoms with E-state index in [0.717, 1.165) is 17.7 Å². The lowest BCUT2D eigenvalue weighted by molar-refractivity contribution is -0.121. The van der Waals surface area contributed by atoms with E-state index in [1.807, 2.05) is 31.2 Å². The van der Waals surface area contributed by atoms with Crippen molar-refractivity contribution in [3.8, 4) is 5.75 Å². The zero-order valence-electron chi connectivity index (χ0n) is 13.2. The van der Waals surface area contributed by atoms with Gasteiger partial charge in [0.2, 0.25) is 5.91 Å². The van der Waals surface area contributed by atoms with Crippen LogP contribution in [0.1, 0.15) is 24.9 Å². The zero-order valence-corrected chi connectivity index (χ0v) is 14.0. The van der Waals surface area contributed by atoms with E-state index < -0.39 is 0 Å². The molecule has 2 aliphatic heterocycles. The highest BCUT2D eigenvalue weighted by Crippen LogP contribution is 2.38. The summed E-state index contributed by atoms with van der Waals surface area (Å²) in [4.78, 5) is 23.8. The fourth-order valence-corrected chi connectivity index (χ4v) is 4.45. The van der Waals surface area contributed by atoms with Crippen LogP contribution in [-0.2, 0) is 4.79 Å². The highest BCUT2D eigenvalue weighted by atomic mass is 32.2. The smallest absolute Gasteiger partial charge is 0.315 e. The fourth-order valence-electron chi connectivity index (χ4n) is 2.94. The van der Waals surface area contributed by atoms with Crippen molar-refractivity contribution in [2.45, 2.75) is 30.0 Å². The SMILES string of the molecule is COc1ccc([C@@H](C)NC(=O)C2CC3CNC(=O)NC3S2)cc1. The van der Waals surface area contributed by atoms with Crippen molar-refractivity contribution >= 4 is 23.7 Å². The lowest BCUT2D eigenvalue weighted by Gasteiger charge is -2.25. The number of methoxy groups -OCH3 is 1. The molecule has 124 valence electrons. The quantitative estimate of drug-likeness (QED) is 0.781. The molecule has 23 heavy (non-hydrogen) atoms. The lowest BCUT2D eigenvalue weighted by atomic mass is 10.0. The average Bonchev–Trinajstić information content (AvgIpc) is 2.98. The molecule has 3 unspecified atom stereocenters. The fraction of sp³-hybridized carbons (Fsp3) is 0.500. The number of thioether (sulfide) groups is 1. The van der Waals surface area contributed by atoms with Gasteiger partial charge in [0.05, 0.1) is 23.8 Å². The summed E-state index contributed by atoms with van der Waals surface area (Å²) in [5.74, 6) is 1.14. The summed E-state index contributed by atoms with van der Waals surface area (Å²) in [6.07, 6.45) is 0.782. The van der Waals surface area contributed by atoms with E-state index in [9.17, 15) is 9.59 Å². The van der Waals surface area contributed by atoms with Crippen molar-refractivity contribution in [1.82, 2.24) is 16.0 Å². The molecule has 0 saturated carbocycles. The van der Waals surface area contributed by atoms with Crippen LogP contribution in [-0.4, -0.2) is 36.2 Å². The van der Waals surface area contributed by atoms with Crippen LogP contribution in [0.4, 0.5) is 4.79 Å². The molecule has 0 bridgehead atoms. The number of urea groups is 1. The number of benzene rings is 1. The van der Waals surface area contributed by atoms with Crippen molar-refractivity contribution in [2.75, 3.05) is 13.7 Å². The maximum absolute atomic E-state index is 12.5. The Morgan fingerprint density at radius 2 is 2.13 bits per heavy atom. The van der Waals surface area contributed by atoms with Gasteiger partial charge < -0.3 is 20.7 Å². The topological polar surface area (TPSA) is 79.5 Å². The van der Waals surface area contributed by atoms with Crippen LogP contribution < -0.4 is 20.7 Å². The highest BCUT2D eigenvalue weighted by Gasteiger charge is 2.41. The van der Waals surface area contributed by atoms with E-state index in [1.54, 1.807) is 18.9 Å². The van der Waals surface area contributed by atoms with E-state index in [0.29, 0.717) is 12.5 Å². The summed E-state index contributed by atoms with van der Waals surface area (Å²) in [6.45, 7) is 2.61. The molecule has 2 fully saturated rings. The van der Waals surface area contributed by atoms with Gasteiger partial charge in [0.1, 0.15) is 5.75 Å². The third-order valence-electron chi connectivity index (χ3n) is 4.32. The summed E-state index contributed by atoms with van der Waals surface area (Å²) < 4.78 is 5.14. The summed E-state index contributed by atoms with van der Waals surface area (Å²) in [7, 11) is 1.63. The third kappa shape index (κ3) is 3.55.